The lowest BCUT2D eigenvalue weighted by Gasteiger charge is -2.13. The summed E-state index contributed by atoms with van der Waals surface area (Å²) < 4.78 is 0. The first-order valence-corrected chi connectivity index (χ1v) is 9.01. The molecule has 2 aromatic heterocycles. The molecule has 0 spiro atoms. The Hall–Kier alpha value is -3.13. The first-order valence-electron chi connectivity index (χ1n) is 8.13. The van der Waals surface area contributed by atoms with Crippen LogP contribution in [-0.4, -0.2) is 22.4 Å². The number of aromatic nitrogens is 2. The molecule has 0 aliphatic rings. The number of benzene rings is 1. The average Bonchev–Trinajstić information content (AvgIpc) is 3.16. The van der Waals surface area contributed by atoms with Crippen molar-refractivity contribution in [2.75, 3.05) is 23.0 Å². The lowest BCUT2D eigenvalue weighted by molar-refractivity contribution is 0.0962. The van der Waals surface area contributed by atoms with Crippen LogP contribution in [0.2, 0.25) is 0 Å². The second-order valence-electron chi connectivity index (χ2n) is 5.69. The van der Waals surface area contributed by atoms with Crippen molar-refractivity contribution in [3.05, 3.63) is 64.1 Å². The highest BCUT2D eigenvalue weighted by atomic mass is 32.1. The number of hydrogen-bond acceptors (Lipinski definition) is 7. The van der Waals surface area contributed by atoms with Gasteiger partial charge in [0.15, 0.2) is 11.6 Å². The van der Waals surface area contributed by atoms with Crippen LogP contribution in [0.1, 0.15) is 20.8 Å². The van der Waals surface area contributed by atoms with Gasteiger partial charge in [0.2, 0.25) is 0 Å². The van der Waals surface area contributed by atoms with Gasteiger partial charge in [0.05, 0.1) is 0 Å². The number of nitrogens with zero attached hydrogens (tertiary/aromatic N) is 2. The highest BCUT2D eigenvalue weighted by molar-refractivity contribution is 7.09. The Kier molecular flexibility index (Phi) is 5.65. The van der Waals surface area contributed by atoms with Crippen LogP contribution in [0.4, 0.5) is 17.3 Å². The molecule has 134 valence electrons. The summed E-state index contributed by atoms with van der Waals surface area (Å²) in [7, 11) is 0. The molecule has 8 heteroatoms. The van der Waals surface area contributed by atoms with Gasteiger partial charge in [0, 0.05) is 17.0 Å². The molecular formula is C18H20N6OS. The third-order valence-electron chi connectivity index (χ3n) is 3.74. The van der Waals surface area contributed by atoms with E-state index in [1.54, 1.807) is 23.5 Å². The Morgan fingerprint density at radius 3 is 2.65 bits per heavy atom. The van der Waals surface area contributed by atoms with Crippen LogP contribution >= 0.6 is 11.3 Å². The van der Waals surface area contributed by atoms with Gasteiger partial charge in [-0.05, 0) is 36.9 Å². The minimum Gasteiger partial charge on any atom is -0.393 e. The first kappa shape index (κ1) is 17.7. The molecule has 3 rings (SSSR count). The lowest BCUT2D eigenvalue weighted by Crippen LogP contribution is -2.30. The zero-order valence-electron chi connectivity index (χ0n) is 14.3. The Labute approximate surface area is 155 Å². The van der Waals surface area contributed by atoms with Crippen molar-refractivity contribution in [3.63, 3.8) is 0 Å². The molecular weight excluding hydrogens is 348 g/mol. The van der Waals surface area contributed by atoms with Crippen LogP contribution in [0, 0.1) is 6.92 Å². The molecule has 1 aromatic carbocycles. The maximum atomic E-state index is 12.2. The Morgan fingerprint density at radius 1 is 1.15 bits per heavy atom. The molecule has 0 atom stereocenters. The minimum atomic E-state index is -0.268. The first-order chi connectivity index (χ1) is 12.6. The Balaban J connectivity index is 1.57. The molecule has 0 fully saturated rings. The van der Waals surface area contributed by atoms with Crippen molar-refractivity contribution in [2.24, 2.45) is 0 Å². The van der Waals surface area contributed by atoms with Crippen molar-refractivity contribution >= 4 is 34.6 Å². The number of nitrogens with one attached hydrogen (secondary N) is 3. The summed E-state index contributed by atoms with van der Waals surface area (Å²) in [6.07, 6.45) is 2.28. The number of thiophene rings is 1. The molecule has 2 heterocycles. The largest absolute Gasteiger partial charge is 0.393 e. The SMILES string of the molecule is Cc1ccc(C(=O)NNc2ncnc(NCCc3cccs3)c2N)cc1. The number of amides is 1. The summed E-state index contributed by atoms with van der Waals surface area (Å²) in [5.41, 5.74) is 13.4. The number of nitrogens with two attached hydrogens (primary N) is 1. The normalized spacial score (nSPS) is 10.3. The van der Waals surface area contributed by atoms with E-state index in [1.165, 1.54) is 11.2 Å². The molecule has 0 saturated heterocycles. The predicted octanol–water partition coefficient (Wildman–Crippen LogP) is 2.84. The molecule has 0 unspecified atom stereocenters. The number of carbonyl (C=O) groups excluding carboxylic acids is 1. The number of anilines is 3. The van der Waals surface area contributed by atoms with Gasteiger partial charge in [-0.15, -0.1) is 11.3 Å². The van der Waals surface area contributed by atoms with E-state index in [0.717, 1.165) is 12.0 Å². The number of aryl methyl sites for hydroxylation is 1. The van der Waals surface area contributed by atoms with Gasteiger partial charge in [-0.3, -0.25) is 15.6 Å². The van der Waals surface area contributed by atoms with Gasteiger partial charge in [-0.1, -0.05) is 23.8 Å². The van der Waals surface area contributed by atoms with Gasteiger partial charge in [-0.2, -0.15) is 0 Å². The van der Waals surface area contributed by atoms with E-state index in [0.29, 0.717) is 29.4 Å². The third-order valence-corrected chi connectivity index (χ3v) is 4.67. The fraction of sp³-hybridized carbons (Fsp3) is 0.167. The van der Waals surface area contributed by atoms with Crippen molar-refractivity contribution in [2.45, 2.75) is 13.3 Å². The van der Waals surface area contributed by atoms with Crippen LogP contribution < -0.4 is 21.9 Å². The fourth-order valence-corrected chi connectivity index (χ4v) is 3.00. The van der Waals surface area contributed by atoms with E-state index in [9.17, 15) is 4.79 Å². The standard InChI is InChI=1S/C18H20N6OS/c1-12-4-6-13(7-5-12)18(25)24-23-17-15(19)16(21-11-22-17)20-9-8-14-3-2-10-26-14/h2-7,10-11H,8-9,19H2,1H3,(H,24,25)(H2,20,21,22,23). The van der Waals surface area contributed by atoms with Crippen LogP contribution in [0.3, 0.4) is 0 Å². The van der Waals surface area contributed by atoms with Gasteiger partial charge in [0.1, 0.15) is 12.0 Å². The molecule has 0 bridgehead atoms. The Morgan fingerprint density at radius 2 is 1.92 bits per heavy atom. The lowest BCUT2D eigenvalue weighted by atomic mass is 10.1. The molecule has 0 aliphatic heterocycles. The molecule has 0 aliphatic carbocycles. The van der Waals surface area contributed by atoms with Crippen molar-refractivity contribution in [1.82, 2.24) is 15.4 Å². The van der Waals surface area contributed by atoms with Crippen LogP contribution in [0.5, 0.6) is 0 Å². The average molecular weight is 368 g/mol. The monoisotopic (exact) mass is 368 g/mol. The van der Waals surface area contributed by atoms with E-state index in [4.69, 9.17) is 5.73 Å². The molecule has 3 aromatic rings. The zero-order chi connectivity index (χ0) is 18.4. The topological polar surface area (TPSA) is 105 Å². The second kappa shape index (κ2) is 8.30. The number of carbonyl (C=O) groups is 1. The van der Waals surface area contributed by atoms with Crippen LogP contribution in [0.15, 0.2) is 48.1 Å². The molecule has 0 saturated carbocycles. The van der Waals surface area contributed by atoms with E-state index in [1.807, 2.05) is 30.5 Å². The summed E-state index contributed by atoms with van der Waals surface area (Å²) in [6.45, 7) is 2.67. The maximum absolute atomic E-state index is 12.2. The number of hydrazine groups is 1. The molecule has 1 amide bonds. The van der Waals surface area contributed by atoms with Crippen molar-refractivity contribution in [3.8, 4) is 0 Å². The van der Waals surface area contributed by atoms with E-state index >= 15 is 0 Å². The van der Waals surface area contributed by atoms with Gasteiger partial charge < -0.3 is 11.1 Å². The van der Waals surface area contributed by atoms with Crippen LogP contribution in [0.25, 0.3) is 0 Å². The highest BCUT2D eigenvalue weighted by Gasteiger charge is 2.10. The Bertz CT molecular complexity index is 864. The summed E-state index contributed by atoms with van der Waals surface area (Å²) in [5, 5.41) is 5.24. The zero-order valence-corrected chi connectivity index (χ0v) is 15.1. The summed E-state index contributed by atoms with van der Waals surface area (Å²) in [4.78, 5) is 21.7. The van der Waals surface area contributed by atoms with Gasteiger partial charge in [-0.25, -0.2) is 9.97 Å². The number of nitrogen functional groups attached to an aromatic ring is 1. The quantitative estimate of drug-likeness (QED) is 0.478. The number of hydrogen-bond donors (Lipinski definition) is 4. The summed E-state index contributed by atoms with van der Waals surface area (Å²) in [6, 6.07) is 11.4. The van der Waals surface area contributed by atoms with E-state index < -0.39 is 0 Å². The van der Waals surface area contributed by atoms with Gasteiger partial charge >= 0.3 is 0 Å². The highest BCUT2D eigenvalue weighted by Crippen LogP contribution is 2.22. The smallest absolute Gasteiger partial charge is 0.269 e. The molecule has 0 radical (unpaired) electrons. The third kappa shape index (κ3) is 4.48. The molecule has 5 N–H and O–H groups in total. The second-order valence-corrected chi connectivity index (χ2v) is 6.72. The minimum absolute atomic E-state index is 0.268. The summed E-state index contributed by atoms with van der Waals surface area (Å²) >= 11 is 1.71. The van der Waals surface area contributed by atoms with Crippen molar-refractivity contribution < 1.29 is 4.79 Å². The maximum Gasteiger partial charge on any atom is 0.269 e. The number of rotatable bonds is 7. The fourth-order valence-electron chi connectivity index (χ4n) is 2.29. The van der Waals surface area contributed by atoms with Gasteiger partial charge in [0.25, 0.3) is 5.91 Å². The summed E-state index contributed by atoms with van der Waals surface area (Å²) in [5.74, 6) is 0.609. The van der Waals surface area contributed by atoms with Crippen molar-refractivity contribution in [1.29, 1.82) is 0 Å². The van der Waals surface area contributed by atoms with E-state index in [2.05, 4.69) is 32.2 Å². The predicted molar refractivity (Wildman–Crippen MR) is 105 cm³/mol. The molecule has 7 nitrogen and oxygen atoms in total. The molecule has 26 heavy (non-hydrogen) atoms. The van der Waals surface area contributed by atoms with Crippen LogP contribution in [-0.2, 0) is 6.42 Å². The van der Waals surface area contributed by atoms with E-state index in [-0.39, 0.29) is 5.91 Å².